The summed E-state index contributed by atoms with van der Waals surface area (Å²) < 4.78 is 5.65. The van der Waals surface area contributed by atoms with E-state index in [0.29, 0.717) is 17.0 Å². The van der Waals surface area contributed by atoms with Gasteiger partial charge >= 0.3 is 0 Å². The summed E-state index contributed by atoms with van der Waals surface area (Å²) in [5, 5.41) is 0.471. The van der Waals surface area contributed by atoms with Crippen molar-refractivity contribution in [2.75, 3.05) is 0 Å². The van der Waals surface area contributed by atoms with Crippen molar-refractivity contribution in [3.8, 4) is 5.88 Å². The second-order valence-corrected chi connectivity index (χ2v) is 3.89. The Balaban J connectivity index is 2.60. The van der Waals surface area contributed by atoms with E-state index in [2.05, 4.69) is 25.8 Å². The molecule has 1 rings (SSSR count). The molecule has 0 fully saturated rings. The molecule has 14 heavy (non-hydrogen) atoms. The summed E-state index contributed by atoms with van der Waals surface area (Å²) in [5.41, 5.74) is 0. The highest BCUT2D eigenvalue weighted by Crippen LogP contribution is 2.17. The molecule has 78 valence electrons. The van der Waals surface area contributed by atoms with Gasteiger partial charge in [0.15, 0.2) is 0 Å². The van der Waals surface area contributed by atoms with Gasteiger partial charge in [-0.15, -0.1) is 0 Å². The molecule has 0 bridgehead atoms. The summed E-state index contributed by atoms with van der Waals surface area (Å²) >= 11 is 5.75. The monoisotopic (exact) mass is 213 g/mol. The molecule has 3 heteroatoms. The van der Waals surface area contributed by atoms with E-state index in [4.69, 9.17) is 16.3 Å². The summed E-state index contributed by atoms with van der Waals surface area (Å²) in [5.74, 6) is 1.13. The largest absolute Gasteiger partial charge is 0.474 e. The predicted octanol–water partition coefficient (Wildman–Crippen LogP) is 3.55. The minimum Gasteiger partial charge on any atom is -0.474 e. The molecule has 1 aromatic rings. The van der Waals surface area contributed by atoms with Crippen LogP contribution in [0.1, 0.15) is 27.2 Å². The fraction of sp³-hybridized carbons (Fsp3) is 0.545. The number of pyridine rings is 1. The third kappa shape index (κ3) is 3.18. The van der Waals surface area contributed by atoms with Crippen LogP contribution in [-0.4, -0.2) is 11.1 Å². The SMILES string of the molecule is CCC(C)C(C)Oc1cccc(Cl)n1. The van der Waals surface area contributed by atoms with E-state index in [1.165, 1.54) is 0 Å². The average molecular weight is 214 g/mol. The van der Waals surface area contributed by atoms with Crippen LogP contribution in [-0.2, 0) is 0 Å². The number of rotatable bonds is 4. The fourth-order valence-corrected chi connectivity index (χ4v) is 1.25. The highest BCUT2D eigenvalue weighted by Gasteiger charge is 2.12. The summed E-state index contributed by atoms with van der Waals surface area (Å²) in [6.45, 7) is 6.36. The smallest absolute Gasteiger partial charge is 0.214 e. The highest BCUT2D eigenvalue weighted by molar-refractivity contribution is 6.29. The molecule has 0 aliphatic rings. The first-order chi connectivity index (χ1) is 6.63. The van der Waals surface area contributed by atoms with Gasteiger partial charge in [-0.2, -0.15) is 0 Å². The Labute approximate surface area is 90.3 Å². The zero-order valence-corrected chi connectivity index (χ0v) is 9.58. The Hall–Kier alpha value is -0.760. The van der Waals surface area contributed by atoms with Crippen molar-refractivity contribution in [1.29, 1.82) is 0 Å². The van der Waals surface area contributed by atoms with Gasteiger partial charge in [0, 0.05) is 6.07 Å². The molecule has 0 aliphatic heterocycles. The Morgan fingerprint density at radius 3 is 2.71 bits per heavy atom. The van der Waals surface area contributed by atoms with Gasteiger partial charge in [-0.25, -0.2) is 4.98 Å². The van der Waals surface area contributed by atoms with E-state index in [1.54, 1.807) is 6.07 Å². The van der Waals surface area contributed by atoms with Gasteiger partial charge in [-0.3, -0.25) is 0 Å². The van der Waals surface area contributed by atoms with Crippen molar-refractivity contribution < 1.29 is 4.74 Å². The summed E-state index contributed by atoms with van der Waals surface area (Å²) in [7, 11) is 0. The summed E-state index contributed by atoms with van der Waals surface area (Å²) in [6, 6.07) is 5.40. The van der Waals surface area contributed by atoms with Gasteiger partial charge in [-0.05, 0) is 18.9 Å². The Morgan fingerprint density at radius 1 is 1.43 bits per heavy atom. The third-order valence-corrected chi connectivity index (χ3v) is 2.65. The molecule has 0 N–H and O–H groups in total. The summed E-state index contributed by atoms with van der Waals surface area (Å²) in [4.78, 5) is 4.07. The predicted molar refractivity (Wildman–Crippen MR) is 58.8 cm³/mol. The second-order valence-electron chi connectivity index (χ2n) is 3.51. The number of hydrogen-bond donors (Lipinski definition) is 0. The molecule has 1 aromatic heterocycles. The number of halogens is 1. The number of hydrogen-bond acceptors (Lipinski definition) is 2. The van der Waals surface area contributed by atoms with Crippen LogP contribution >= 0.6 is 11.6 Å². The van der Waals surface area contributed by atoms with Gasteiger partial charge in [0.2, 0.25) is 5.88 Å². The van der Waals surface area contributed by atoms with Crippen LogP contribution in [0.4, 0.5) is 0 Å². The molecule has 0 aliphatic carbocycles. The molecule has 0 aromatic carbocycles. The molecule has 0 saturated carbocycles. The standard InChI is InChI=1S/C11H16ClNO/c1-4-8(2)9(3)14-11-7-5-6-10(12)13-11/h5-9H,4H2,1-3H3. The lowest BCUT2D eigenvalue weighted by Crippen LogP contribution is -2.21. The zero-order chi connectivity index (χ0) is 10.6. The minimum atomic E-state index is 0.172. The number of ether oxygens (including phenoxy) is 1. The van der Waals surface area contributed by atoms with Crippen molar-refractivity contribution in [3.63, 3.8) is 0 Å². The highest BCUT2D eigenvalue weighted by atomic mass is 35.5. The van der Waals surface area contributed by atoms with E-state index in [-0.39, 0.29) is 6.10 Å². The van der Waals surface area contributed by atoms with E-state index < -0.39 is 0 Å². The van der Waals surface area contributed by atoms with Crippen LogP contribution in [0.25, 0.3) is 0 Å². The maximum absolute atomic E-state index is 5.75. The van der Waals surface area contributed by atoms with Crippen molar-refractivity contribution >= 4 is 11.6 Å². The van der Waals surface area contributed by atoms with Crippen molar-refractivity contribution in [1.82, 2.24) is 4.98 Å². The fourth-order valence-electron chi connectivity index (χ4n) is 1.09. The van der Waals surface area contributed by atoms with Crippen molar-refractivity contribution in [3.05, 3.63) is 23.4 Å². The molecule has 2 atom stereocenters. The molecule has 0 spiro atoms. The van der Waals surface area contributed by atoms with Crippen LogP contribution in [0, 0.1) is 5.92 Å². The van der Waals surface area contributed by atoms with Crippen LogP contribution in [0.5, 0.6) is 5.88 Å². The zero-order valence-electron chi connectivity index (χ0n) is 8.83. The quantitative estimate of drug-likeness (QED) is 0.714. The maximum atomic E-state index is 5.75. The first-order valence-electron chi connectivity index (χ1n) is 4.92. The average Bonchev–Trinajstić information content (AvgIpc) is 2.16. The first kappa shape index (κ1) is 11.3. The Morgan fingerprint density at radius 2 is 2.14 bits per heavy atom. The third-order valence-electron chi connectivity index (χ3n) is 2.44. The first-order valence-corrected chi connectivity index (χ1v) is 5.30. The van der Waals surface area contributed by atoms with Crippen molar-refractivity contribution in [2.45, 2.75) is 33.3 Å². The molecule has 0 saturated heterocycles. The molecule has 2 unspecified atom stereocenters. The maximum Gasteiger partial charge on any atom is 0.214 e. The van der Waals surface area contributed by atoms with Gasteiger partial charge in [0.25, 0.3) is 0 Å². The molecule has 1 heterocycles. The van der Waals surface area contributed by atoms with Gasteiger partial charge in [-0.1, -0.05) is 37.9 Å². The topological polar surface area (TPSA) is 22.1 Å². The second kappa shape index (κ2) is 5.20. The van der Waals surface area contributed by atoms with E-state index in [1.807, 2.05) is 12.1 Å². The van der Waals surface area contributed by atoms with Gasteiger partial charge < -0.3 is 4.74 Å². The van der Waals surface area contributed by atoms with E-state index in [9.17, 15) is 0 Å². The van der Waals surface area contributed by atoms with Crippen LogP contribution in [0.3, 0.4) is 0 Å². The summed E-state index contributed by atoms with van der Waals surface area (Å²) in [6.07, 6.45) is 1.27. The van der Waals surface area contributed by atoms with Gasteiger partial charge in [0.05, 0.1) is 0 Å². The Kier molecular flexibility index (Phi) is 4.21. The molecule has 0 amide bonds. The van der Waals surface area contributed by atoms with Crippen LogP contribution in [0.15, 0.2) is 18.2 Å². The van der Waals surface area contributed by atoms with Crippen LogP contribution < -0.4 is 4.74 Å². The number of aromatic nitrogens is 1. The molecular formula is C11H16ClNO. The molecule has 2 nitrogen and oxygen atoms in total. The van der Waals surface area contributed by atoms with Crippen molar-refractivity contribution in [2.24, 2.45) is 5.92 Å². The molecule has 0 radical (unpaired) electrons. The van der Waals surface area contributed by atoms with Gasteiger partial charge in [0.1, 0.15) is 11.3 Å². The Bertz CT molecular complexity index is 290. The lowest BCUT2D eigenvalue weighted by Gasteiger charge is -2.19. The van der Waals surface area contributed by atoms with Crippen LogP contribution in [0.2, 0.25) is 5.15 Å². The van der Waals surface area contributed by atoms with E-state index in [0.717, 1.165) is 6.42 Å². The number of nitrogens with zero attached hydrogens (tertiary/aromatic N) is 1. The lowest BCUT2D eigenvalue weighted by molar-refractivity contribution is 0.152. The van der Waals surface area contributed by atoms with E-state index >= 15 is 0 Å². The molecular weight excluding hydrogens is 198 g/mol. The normalized spacial score (nSPS) is 14.9. The lowest BCUT2D eigenvalue weighted by atomic mass is 10.0. The minimum absolute atomic E-state index is 0.172.